The molecule has 0 saturated carbocycles. The molecule has 0 fully saturated rings. The molecule has 0 atom stereocenters. The van der Waals surface area contributed by atoms with E-state index in [0.717, 1.165) is 12.1 Å². The zero-order chi connectivity index (χ0) is 13.6. The number of alkyl halides is 3. The number of Topliss-reactive ketones (excluding diaryl/α,β-unsaturated/α-hetero) is 1. The third kappa shape index (κ3) is 3.95. The Morgan fingerprint density at radius 2 is 1.94 bits per heavy atom. The van der Waals surface area contributed by atoms with E-state index in [9.17, 15) is 18.0 Å². The Kier molecular flexibility index (Phi) is 4.51. The van der Waals surface area contributed by atoms with Gasteiger partial charge in [-0.2, -0.15) is 13.2 Å². The molecule has 0 saturated heterocycles. The van der Waals surface area contributed by atoms with Crippen molar-refractivity contribution in [3.63, 3.8) is 0 Å². The first kappa shape index (κ1) is 13.8. The Labute approximate surface area is 100 Å². The molecule has 0 amide bonds. The van der Waals surface area contributed by atoms with Gasteiger partial charge >= 0.3 is 6.18 Å². The summed E-state index contributed by atoms with van der Waals surface area (Å²) in [7, 11) is 0. The number of benzene rings is 1. The smallest absolute Gasteiger partial charge is 0.284 e. The van der Waals surface area contributed by atoms with Crippen molar-refractivity contribution in [2.45, 2.75) is 6.18 Å². The molecular formula is C11H8F3N3O. The van der Waals surface area contributed by atoms with Crippen LogP contribution in [0.2, 0.25) is 0 Å². The molecule has 18 heavy (non-hydrogen) atoms. The molecule has 0 spiro atoms. The number of hydrogen-bond donors (Lipinski definition) is 0. The van der Waals surface area contributed by atoms with Crippen molar-refractivity contribution in [3.05, 3.63) is 51.9 Å². The standard InChI is InChI=1S/C11H8F3N3O/c12-11(13,14)10(18)9-5-3-8(4-6-9)2-1-7-16-17-15/h1-6H,7H2. The minimum Gasteiger partial charge on any atom is -0.284 e. The van der Waals surface area contributed by atoms with Crippen LogP contribution >= 0.6 is 0 Å². The van der Waals surface area contributed by atoms with Crippen molar-refractivity contribution in [3.8, 4) is 0 Å². The highest BCUT2D eigenvalue weighted by atomic mass is 19.4. The van der Waals surface area contributed by atoms with Crippen molar-refractivity contribution in [2.24, 2.45) is 5.11 Å². The summed E-state index contributed by atoms with van der Waals surface area (Å²) in [5.41, 5.74) is 8.22. The minimum atomic E-state index is -4.86. The highest BCUT2D eigenvalue weighted by Gasteiger charge is 2.38. The minimum absolute atomic E-state index is 0.153. The maximum absolute atomic E-state index is 12.1. The molecule has 0 bridgehead atoms. The summed E-state index contributed by atoms with van der Waals surface area (Å²) in [6.07, 6.45) is -1.73. The SMILES string of the molecule is [N-]=[N+]=NCC=Cc1ccc(C(=O)C(F)(F)F)cc1. The number of carbonyl (C=O) groups is 1. The van der Waals surface area contributed by atoms with Gasteiger partial charge < -0.3 is 0 Å². The van der Waals surface area contributed by atoms with Gasteiger partial charge in [0.25, 0.3) is 5.78 Å². The highest BCUT2D eigenvalue weighted by molar-refractivity contribution is 6.00. The molecule has 7 heteroatoms. The van der Waals surface area contributed by atoms with Crippen LogP contribution < -0.4 is 0 Å². The molecule has 1 rings (SSSR count). The Balaban J connectivity index is 2.77. The Hall–Kier alpha value is -2.27. The lowest BCUT2D eigenvalue weighted by atomic mass is 10.1. The van der Waals surface area contributed by atoms with Crippen molar-refractivity contribution >= 4 is 11.9 Å². The number of ketones is 1. The summed E-state index contributed by atoms with van der Waals surface area (Å²) in [4.78, 5) is 13.4. The van der Waals surface area contributed by atoms with E-state index >= 15 is 0 Å². The molecule has 0 radical (unpaired) electrons. The highest BCUT2D eigenvalue weighted by Crippen LogP contribution is 2.21. The van der Waals surface area contributed by atoms with Gasteiger partial charge in [0, 0.05) is 17.0 Å². The van der Waals surface area contributed by atoms with Crippen LogP contribution in [0, 0.1) is 0 Å². The fraction of sp³-hybridized carbons (Fsp3) is 0.182. The van der Waals surface area contributed by atoms with E-state index in [4.69, 9.17) is 5.53 Å². The lowest BCUT2D eigenvalue weighted by Gasteiger charge is -2.04. The van der Waals surface area contributed by atoms with Crippen LogP contribution in [0.25, 0.3) is 16.5 Å². The Bertz CT molecular complexity index is 499. The number of nitrogens with zero attached hydrogens (tertiary/aromatic N) is 3. The third-order valence-corrected chi connectivity index (χ3v) is 1.99. The Morgan fingerprint density at radius 1 is 1.33 bits per heavy atom. The van der Waals surface area contributed by atoms with Gasteiger partial charge in [-0.05, 0) is 11.1 Å². The molecule has 0 N–H and O–H groups in total. The maximum Gasteiger partial charge on any atom is 0.454 e. The summed E-state index contributed by atoms with van der Waals surface area (Å²) in [5, 5.41) is 3.26. The first-order chi connectivity index (χ1) is 8.45. The second kappa shape index (κ2) is 5.88. The maximum atomic E-state index is 12.1. The number of hydrogen-bond acceptors (Lipinski definition) is 2. The molecule has 0 aliphatic heterocycles. The molecule has 1 aromatic carbocycles. The van der Waals surface area contributed by atoms with E-state index < -0.39 is 17.5 Å². The second-order valence-corrected chi connectivity index (χ2v) is 3.26. The van der Waals surface area contributed by atoms with Gasteiger partial charge in [0.05, 0.1) is 0 Å². The fourth-order valence-electron chi connectivity index (χ4n) is 1.18. The van der Waals surface area contributed by atoms with E-state index in [-0.39, 0.29) is 6.54 Å². The number of rotatable bonds is 4. The van der Waals surface area contributed by atoms with Gasteiger partial charge in [-0.3, -0.25) is 4.79 Å². The Morgan fingerprint density at radius 3 is 2.44 bits per heavy atom. The fourth-order valence-corrected chi connectivity index (χ4v) is 1.18. The number of carbonyl (C=O) groups excluding carboxylic acids is 1. The van der Waals surface area contributed by atoms with Gasteiger partial charge in [0.1, 0.15) is 0 Å². The first-order valence-corrected chi connectivity index (χ1v) is 4.84. The summed E-state index contributed by atoms with van der Waals surface area (Å²) in [5.74, 6) is -1.87. The van der Waals surface area contributed by atoms with E-state index in [0.29, 0.717) is 5.56 Å². The molecule has 94 valence electrons. The average Bonchev–Trinajstić information content (AvgIpc) is 2.33. The monoisotopic (exact) mass is 255 g/mol. The second-order valence-electron chi connectivity index (χ2n) is 3.26. The topological polar surface area (TPSA) is 65.8 Å². The largest absolute Gasteiger partial charge is 0.454 e. The van der Waals surface area contributed by atoms with E-state index in [1.807, 2.05) is 0 Å². The average molecular weight is 255 g/mol. The van der Waals surface area contributed by atoms with Crippen LogP contribution in [0.4, 0.5) is 13.2 Å². The summed E-state index contributed by atoms with van der Waals surface area (Å²) in [6, 6.07) is 4.96. The molecule has 0 heterocycles. The van der Waals surface area contributed by atoms with Crippen LogP contribution in [-0.2, 0) is 0 Å². The van der Waals surface area contributed by atoms with Crippen LogP contribution in [-0.4, -0.2) is 18.5 Å². The predicted octanol–water partition coefficient (Wildman–Crippen LogP) is 3.76. The quantitative estimate of drug-likeness (QED) is 0.349. The van der Waals surface area contributed by atoms with Gasteiger partial charge in [-0.1, -0.05) is 41.5 Å². The first-order valence-electron chi connectivity index (χ1n) is 4.84. The van der Waals surface area contributed by atoms with Crippen LogP contribution in [0.5, 0.6) is 0 Å². The van der Waals surface area contributed by atoms with Gasteiger partial charge in [-0.15, -0.1) is 0 Å². The molecule has 0 aliphatic rings. The van der Waals surface area contributed by atoms with Crippen molar-refractivity contribution in [2.75, 3.05) is 6.54 Å². The zero-order valence-electron chi connectivity index (χ0n) is 9.05. The van der Waals surface area contributed by atoms with Crippen molar-refractivity contribution in [1.29, 1.82) is 0 Å². The normalized spacial score (nSPS) is 11.3. The van der Waals surface area contributed by atoms with Crippen molar-refractivity contribution < 1.29 is 18.0 Å². The number of azide groups is 1. The third-order valence-electron chi connectivity index (χ3n) is 1.99. The summed E-state index contributed by atoms with van der Waals surface area (Å²) < 4.78 is 36.3. The van der Waals surface area contributed by atoms with Crippen LogP contribution in [0.1, 0.15) is 15.9 Å². The molecular weight excluding hydrogens is 247 g/mol. The van der Waals surface area contributed by atoms with E-state index in [2.05, 4.69) is 10.0 Å². The lowest BCUT2D eigenvalue weighted by Crippen LogP contribution is -2.22. The molecule has 0 aliphatic carbocycles. The summed E-state index contributed by atoms with van der Waals surface area (Å²) in [6.45, 7) is 0.153. The summed E-state index contributed by atoms with van der Waals surface area (Å²) >= 11 is 0. The van der Waals surface area contributed by atoms with E-state index in [1.54, 1.807) is 12.2 Å². The molecule has 0 aromatic heterocycles. The van der Waals surface area contributed by atoms with Crippen LogP contribution in [0.3, 0.4) is 0 Å². The predicted molar refractivity (Wildman–Crippen MR) is 59.9 cm³/mol. The van der Waals surface area contributed by atoms with E-state index in [1.165, 1.54) is 12.1 Å². The van der Waals surface area contributed by atoms with Crippen LogP contribution in [0.15, 0.2) is 35.5 Å². The molecule has 1 aromatic rings. The van der Waals surface area contributed by atoms with Gasteiger partial charge in [0.15, 0.2) is 0 Å². The van der Waals surface area contributed by atoms with Gasteiger partial charge in [0.2, 0.25) is 0 Å². The van der Waals surface area contributed by atoms with Crippen molar-refractivity contribution in [1.82, 2.24) is 0 Å². The molecule has 4 nitrogen and oxygen atoms in total. The molecule has 0 unspecified atom stereocenters. The van der Waals surface area contributed by atoms with Gasteiger partial charge in [-0.25, -0.2) is 0 Å². The zero-order valence-corrected chi connectivity index (χ0v) is 9.05. The number of halogens is 3. The lowest BCUT2D eigenvalue weighted by molar-refractivity contribution is -0.0885.